The Bertz CT molecular complexity index is 986. The third kappa shape index (κ3) is 4.71. The number of carbonyl (C=O) groups excluding carboxylic acids is 1. The standard InChI is InChI=1S/C22H26FN5O3S/c1-30-18-4-2-3-16(11-18)25-7-9-26(10-8-25)21-6-5-17(12-20(21)23)28-14-19(31-22(28)29)13-27(24)15-32/h2-6,11-12,15,19H,7-10,13-14,24H2,1H3/t19-/m0/s1. The maximum atomic E-state index is 15.0. The van der Waals surface area contributed by atoms with Crippen LogP contribution in [-0.2, 0) is 4.74 Å². The highest BCUT2D eigenvalue weighted by molar-refractivity contribution is 7.78. The van der Waals surface area contributed by atoms with Gasteiger partial charge < -0.3 is 24.3 Å². The molecule has 0 spiro atoms. The van der Waals surface area contributed by atoms with Crippen LogP contribution in [0.3, 0.4) is 0 Å². The highest BCUT2D eigenvalue weighted by Gasteiger charge is 2.33. The number of hydrogen-bond acceptors (Lipinski definition) is 7. The summed E-state index contributed by atoms with van der Waals surface area (Å²) in [6, 6.07) is 12.8. The van der Waals surface area contributed by atoms with E-state index in [1.807, 2.05) is 29.2 Å². The van der Waals surface area contributed by atoms with E-state index in [2.05, 4.69) is 4.90 Å². The van der Waals surface area contributed by atoms with Crippen LogP contribution in [0.4, 0.5) is 26.2 Å². The Morgan fingerprint density at radius 3 is 2.62 bits per heavy atom. The van der Waals surface area contributed by atoms with Crippen molar-refractivity contribution in [1.29, 1.82) is 0 Å². The van der Waals surface area contributed by atoms with Crippen molar-refractivity contribution >= 4 is 40.9 Å². The first-order chi connectivity index (χ1) is 15.5. The molecule has 1 atom stereocenters. The lowest BCUT2D eigenvalue weighted by Gasteiger charge is -2.37. The highest BCUT2D eigenvalue weighted by Crippen LogP contribution is 2.29. The van der Waals surface area contributed by atoms with Gasteiger partial charge >= 0.3 is 6.09 Å². The number of ether oxygens (including phenoxy) is 2. The number of cyclic esters (lactones) is 1. The number of hydrazine groups is 1. The van der Waals surface area contributed by atoms with E-state index >= 15 is 0 Å². The van der Waals surface area contributed by atoms with E-state index in [9.17, 15) is 9.18 Å². The Labute approximate surface area is 191 Å². The van der Waals surface area contributed by atoms with Gasteiger partial charge in [-0.15, -0.1) is 0 Å². The van der Waals surface area contributed by atoms with Crippen molar-refractivity contribution in [3.8, 4) is 5.75 Å². The molecule has 8 nitrogen and oxygen atoms in total. The van der Waals surface area contributed by atoms with Crippen molar-refractivity contribution < 1.29 is 18.7 Å². The van der Waals surface area contributed by atoms with E-state index in [1.165, 1.54) is 21.5 Å². The van der Waals surface area contributed by atoms with Gasteiger partial charge in [-0.1, -0.05) is 18.3 Å². The third-order valence-electron chi connectivity index (χ3n) is 5.71. The normalized spacial score (nSPS) is 18.5. The number of thiocarbonyl (C=S) groups is 1. The molecule has 2 fully saturated rings. The van der Waals surface area contributed by atoms with Gasteiger partial charge in [-0.25, -0.2) is 15.0 Å². The van der Waals surface area contributed by atoms with Gasteiger partial charge in [0.05, 0.1) is 37.1 Å². The average Bonchev–Trinajstić information content (AvgIpc) is 3.18. The third-order valence-corrected chi connectivity index (χ3v) is 5.98. The minimum Gasteiger partial charge on any atom is -0.497 e. The number of piperazine rings is 1. The topological polar surface area (TPSA) is 74.5 Å². The van der Waals surface area contributed by atoms with Gasteiger partial charge in [0.15, 0.2) is 0 Å². The van der Waals surface area contributed by atoms with Crippen LogP contribution < -0.4 is 25.3 Å². The van der Waals surface area contributed by atoms with Crippen molar-refractivity contribution in [1.82, 2.24) is 5.01 Å². The summed E-state index contributed by atoms with van der Waals surface area (Å²) in [6.07, 6.45) is -0.953. The van der Waals surface area contributed by atoms with Crippen molar-refractivity contribution in [2.45, 2.75) is 6.10 Å². The van der Waals surface area contributed by atoms with Crippen LogP contribution in [0, 0.1) is 5.82 Å². The van der Waals surface area contributed by atoms with Crippen molar-refractivity contribution in [2.75, 3.05) is 61.1 Å². The van der Waals surface area contributed by atoms with E-state index in [4.69, 9.17) is 27.5 Å². The van der Waals surface area contributed by atoms with Crippen LogP contribution in [-0.4, -0.2) is 69.1 Å². The molecular weight excluding hydrogens is 433 g/mol. The molecule has 2 aliphatic heterocycles. The Morgan fingerprint density at radius 1 is 1.19 bits per heavy atom. The first kappa shape index (κ1) is 22.1. The smallest absolute Gasteiger partial charge is 0.414 e. The maximum Gasteiger partial charge on any atom is 0.414 e. The molecule has 170 valence electrons. The van der Waals surface area contributed by atoms with Crippen LogP contribution in [0.25, 0.3) is 0 Å². The molecule has 4 rings (SSSR count). The molecule has 32 heavy (non-hydrogen) atoms. The Balaban J connectivity index is 1.40. The molecule has 2 saturated heterocycles. The lowest BCUT2D eigenvalue weighted by atomic mass is 10.2. The van der Waals surface area contributed by atoms with Gasteiger partial charge in [-0.2, -0.15) is 0 Å². The number of anilines is 3. The largest absolute Gasteiger partial charge is 0.497 e. The monoisotopic (exact) mass is 459 g/mol. The van der Waals surface area contributed by atoms with E-state index in [0.29, 0.717) is 24.5 Å². The molecule has 2 aliphatic rings. The molecule has 2 N–H and O–H groups in total. The molecule has 1 amide bonds. The summed E-state index contributed by atoms with van der Waals surface area (Å²) >= 11 is 4.76. The zero-order valence-electron chi connectivity index (χ0n) is 17.8. The van der Waals surface area contributed by atoms with Crippen LogP contribution in [0.5, 0.6) is 5.75 Å². The second-order valence-corrected chi connectivity index (χ2v) is 7.94. The molecule has 0 saturated carbocycles. The number of nitrogens with zero attached hydrogens (tertiary/aromatic N) is 4. The molecule has 0 aromatic heterocycles. The van der Waals surface area contributed by atoms with Crippen molar-refractivity contribution in [2.24, 2.45) is 5.84 Å². The SMILES string of the molecule is COc1cccc(N2CCN(c3ccc(N4C[C@H](CN(N)C=S)OC4=O)cc3F)CC2)c1. The Morgan fingerprint density at radius 2 is 1.94 bits per heavy atom. The molecule has 0 bridgehead atoms. The number of benzene rings is 2. The summed E-state index contributed by atoms with van der Waals surface area (Å²) in [5.41, 5.74) is 3.36. The lowest BCUT2D eigenvalue weighted by Crippen LogP contribution is -2.46. The number of halogens is 1. The summed E-state index contributed by atoms with van der Waals surface area (Å²) in [6.45, 7) is 3.47. The zero-order chi connectivity index (χ0) is 22.7. The molecule has 0 aliphatic carbocycles. The second kappa shape index (κ2) is 9.58. The number of rotatable bonds is 7. The van der Waals surface area contributed by atoms with Crippen LogP contribution in [0.1, 0.15) is 0 Å². The predicted octanol–water partition coefficient (Wildman–Crippen LogP) is 2.62. The van der Waals surface area contributed by atoms with E-state index in [0.717, 1.165) is 24.5 Å². The first-order valence-corrected chi connectivity index (χ1v) is 10.8. The van der Waals surface area contributed by atoms with Gasteiger partial charge in [-0.05, 0) is 30.3 Å². The van der Waals surface area contributed by atoms with Crippen molar-refractivity contribution in [3.05, 3.63) is 48.3 Å². The van der Waals surface area contributed by atoms with Gasteiger partial charge in [0.25, 0.3) is 0 Å². The highest BCUT2D eigenvalue weighted by atomic mass is 32.1. The fourth-order valence-electron chi connectivity index (χ4n) is 4.04. The Hall–Kier alpha value is -3.11. The molecule has 2 heterocycles. The lowest BCUT2D eigenvalue weighted by molar-refractivity contribution is 0.127. The van der Waals surface area contributed by atoms with Gasteiger partial charge in [0, 0.05) is 37.9 Å². The quantitative estimate of drug-likeness (QED) is 0.385. The molecular formula is C22H26FN5O3S. The van der Waals surface area contributed by atoms with Gasteiger partial charge in [0.1, 0.15) is 17.7 Å². The number of nitrogens with two attached hydrogens (primary N) is 1. The summed E-state index contributed by atoms with van der Waals surface area (Å²) in [7, 11) is 1.65. The summed E-state index contributed by atoms with van der Waals surface area (Å²) < 4.78 is 25.6. The van der Waals surface area contributed by atoms with Gasteiger partial charge in [0.2, 0.25) is 0 Å². The molecule has 10 heteroatoms. The maximum absolute atomic E-state index is 15.0. The van der Waals surface area contributed by atoms with Crippen molar-refractivity contribution in [3.63, 3.8) is 0 Å². The fraction of sp³-hybridized carbons (Fsp3) is 0.364. The van der Waals surface area contributed by atoms with Crippen LogP contribution >= 0.6 is 12.2 Å². The molecule has 0 radical (unpaired) electrons. The van der Waals surface area contributed by atoms with Crippen LogP contribution in [0.15, 0.2) is 42.5 Å². The van der Waals surface area contributed by atoms with E-state index in [-0.39, 0.29) is 18.9 Å². The Kier molecular flexibility index (Phi) is 6.61. The summed E-state index contributed by atoms with van der Waals surface area (Å²) in [5.74, 6) is 6.11. The average molecular weight is 460 g/mol. The van der Waals surface area contributed by atoms with E-state index < -0.39 is 12.2 Å². The molecule has 0 unspecified atom stereocenters. The second-order valence-electron chi connectivity index (χ2n) is 7.73. The molecule has 2 aromatic carbocycles. The van der Waals surface area contributed by atoms with Crippen LogP contribution in [0.2, 0.25) is 0 Å². The molecule has 2 aromatic rings. The number of amides is 1. The number of carbonyl (C=O) groups is 1. The summed E-state index contributed by atoms with van der Waals surface area (Å²) in [4.78, 5) is 17.9. The number of hydrogen-bond donors (Lipinski definition) is 1. The first-order valence-electron chi connectivity index (χ1n) is 10.4. The minimum absolute atomic E-state index is 0.282. The van der Waals surface area contributed by atoms with Gasteiger partial charge in [-0.3, -0.25) is 4.90 Å². The summed E-state index contributed by atoms with van der Waals surface area (Å²) in [5, 5.41) is 1.28. The van der Waals surface area contributed by atoms with E-state index in [1.54, 1.807) is 19.2 Å². The number of methoxy groups -OCH3 is 1. The predicted molar refractivity (Wildman–Crippen MR) is 126 cm³/mol. The minimum atomic E-state index is -0.521. The zero-order valence-corrected chi connectivity index (χ0v) is 18.6. The fourth-order valence-corrected chi connectivity index (χ4v) is 4.12.